The lowest BCUT2D eigenvalue weighted by Crippen LogP contribution is -2.40. The molecule has 0 spiro atoms. The van der Waals surface area contributed by atoms with Crippen molar-refractivity contribution in [1.82, 2.24) is 5.32 Å². The highest BCUT2D eigenvalue weighted by Crippen LogP contribution is 2.22. The first-order valence-corrected chi connectivity index (χ1v) is 7.14. The van der Waals surface area contributed by atoms with Gasteiger partial charge in [0.05, 0.1) is 0 Å². The largest absolute Gasteiger partial charge is 0.490 e. The summed E-state index contributed by atoms with van der Waals surface area (Å²) in [7, 11) is 0. The fourth-order valence-electron chi connectivity index (χ4n) is 2.07. The molecule has 1 rings (SSSR count). The molecule has 0 radical (unpaired) electrons. The van der Waals surface area contributed by atoms with Crippen molar-refractivity contribution in [3.05, 3.63) is 42.5 Å². The van der Waals surface area contributed by atoms with Crippen molar-refractivity contribution in [2.24, 2.45) is 5.41 Å². The van der Waals surface area contributed by atoms with Crippen LogP contribution in [0.2, 0.25) is 0 Å². The molecule has 0 heterocycles. The summed E-state index contributed by atoms with van der Waals surface area (Å²) in [5.74, 6) is 0.858. The van der Waals surface area contributed by atoms with Crippen molar-refractivity contribution >= 4 is 0 Å². The Morgan fingerprint density at radius 1 is 1.30 bits per heavy atom. The number of rotatable bonds is 8. The van der Waals surface area contributed by atoms with E-state index in [0.717, 1.165) is 18.7 Å². The van der Waals surface area contributed by atoms with Gasteiger partial charge in [0.25, 0.3) is 0 Å². The van der Waals surface area contributed by atoms with E-state index in [2.05, 4.69) is 44.8 Å². The zero-order chi connectivity index (χ0) is 15.0. The maximum absolute atomic E-state index is 9.15. The normalized spacial score (nSPS) is 13.0. The van der Waals surface area contributed by atoms with Gasteiger partial charge in [0.1, 0.15) is 12.4 Å². The zero-order valence-corrected chi connectivity index (χ0v) is 12.9. The maximum atomic E-state index is 9.15. The van der Waals surface area contributed by atoms with Gasteiger partial charge in [-0.3, -0.25) is 0 Å². The second-order valence-electron chi connectivity index (χ2n) is 6.06. The minimum Gasteiger partial charge on any atom is -0.490 e. The molecule has 0 aliphatic carbocycles. The lowest BCUT2D eigenvalue weighted by Gasteiger charge is -2.31. The van der Waals surface area contributed by atoms with Gasteiger partial charge >= 0.3 is 0 Å². The van der Waals surface area contributed by atoms with Gasteiger partial charge in [0.2, 0.25) is 0 Å². The van der Waals surface area contributed by atoms with Crippen molar-refractivity contribution in [2.45, 2.75) is 39.8 Å². The lowest BCUT2D eigenvalue weighted by molar-refractivity contribution is 0.196. The molecular formula is C17H27NO2. The fraction of sp³-hybridized carbons (Fsp3) is 0.529. The van der Waals surface area contributed by atoms with Crippen LogP contribution in [0.5, 0.6) is 5.75 Å². The van der Waals surface area contributed by atoms with Crippen LogP contribution in [0.25, 0.3) is 0 Å². The van der Waals surface area contributed by atoms with Gasteiger partial charge in [-0.05, 0) is 29.5 Å². The molecule has 0 fully saturated rings. The summed E-state index contributed by atoms with van der Waals surface area (Å²) in [4.78, 5) is 0. The first-order chi connectivity index (χ1) is 9.47. The predicted octanol–water partition coefficient (Wildman–Crippen LogP) is 3.14. The van der Waals surface area contributed by atoms with E-state index in [1.807, 2.05) is 12.1 Å². The Labute approximate surface area is 122 Å². The van der Waals surface area contributed by atoms with E-state index in [-0.39, 0.29) is 12.0 Å². The van der Waals surface area contributed by atoms with Gasteiger partial charge in [0, 0.05) is 19.2 Å². The van der Waals surface area contributed by atoms with Crippen molar-refractivity contribution in [3.63, 3.8) is 0 Å². The summed E-state index contributed by atoms with van der Waals surface area (Å²) in [6.07, 6.45) is 2.50. The van der Waals surface area contributed by atoms with Gasteiger partial charge in [-0.15, -0.1) is 0 Å². The van der Waals surface area contributed by atoms with E-state index in [1.54, 1.807) is 6.08 Å². The van der Waals surface area contributed by atoms with Crippen LogP contribution in [0.15, 0.2) is 36.9 Å². The van der Waals surface area contributed by atoms with Gasteiger partial charge < -0.3 is 15.2 Å². The Morgan fingerprint density at radius 2 is 1.95 bits per heavy atom. The molecule has 1 atom stereocenters. The van der Waals surface area contributed by atoms with Crippen molar-refractivity contribution in [2.75, 3.05) is 13.2 Å². The highest BCUT2D eigenvalue weighted by molar-refractivity contribution is 5.27. The number of ether oxygens (including phenoxy) is 1. The zero-order valence-electron chi connectivity index (χ0n) is 12.9. The monoisotopic (exact) mass is 277 g/mol. The van der Waals surface area contributed by atoms with Crippen LogP contribution in [-0.4, -0.2) is 24.4 Å². The molecule has 20 heavy (non-hydrogen) atoms. The summed E-state index contributed by atoms with van der Waals surface area (Å²) in [5.41, 5.74) is 1.35. The average molecular weight is 277 g/mol. The van der Waals surface area contributed by atoms with Crippen LogP contribution in [0.1, 0.15) is 32.8 Å². The number of benzene rings is 1. The summed E-state index contributed by atoms with van der Waals surface area (Å²) in [6, 6.07) is 8.36. The highest BCUT2D eigenvalue weighted by Gasteiger charge is 2.23. The van der Waals surface area contributed by atoms with Crippen LogP contribution in [0, 0.1) is 5.41 Å². The maximum Gasteiger partial charge on any atom is 0.119 e. The minimum absolute atomic E-state index is 0.135. The lowest BCUT2D eigenvalue weighted by atomic mass is 9.85. The van der Waals surface area contributed by atoms with Crippen LogP contribution in [0.3, 0.4) is 0 Å². The predicted molar refractivity (Wildman–Crippen MR) is 83.9 cm³/mol. The summed E-state index contributed by atoms with van der Waals surface area (Å²) in [6.45, 7) is 11.7. The summed E-state index contributed by atoms with van der Waals surface area (Å²) < 4.78 is 5.46. The van der Waals surface area contributed by atoms with Crippen molar-refractivity contribution < 1.29 is 9.84 Å². The molecule has 0 bridgehead atoms. The molecule has 112 valence electrons. The standard InChI is InChI=1S/C17H27NO2/c1-5-12-20-15-8-6-14(7-9-15)13-18-16(10-11-19)17(2,3)4/h5-9,16,18-19H,1,10-13H2,2-4H3. The van der Waals surface area contributed by atoms with Crippen LogP contribution in [0.4, 0.5) is 0 Å². The van der Waals surface area contributed by atoms with Crippen LogP contribution in [-0.2, 0) is 6.54 Å². The minimum atomic E-state index is 0.135. The fourth-order valence-corrected chi connectivity index (χ4v) is 2.07. The van der Waals surface area contributed by atoms with Crippen LogP contribution >= 0.6 is 0 Å². The molecule has 0 aromatic heterocycles. The third-order valence-corrected chi connectivity index (χ3v) is 3.31. The quantitative estimate of drug-likeness (QED) is 0.717. The molecular weight excluding hydrogens is 250 g/mol. The Kier molecular flexibility index (Phi) is 6.76. The van der Waals surface area contributed by atoms with Crippen molar-refractivity contribution in [3.8, 4) is 5.75 Å². The number of hydrogen-bond acceptors (Lipinski definition) is 3. The van der Waals surface area contributed by atoms with E-state index >= 15 is 0 Å². The SMILES string of the molecule is C=CCOc1ccc(CNC(CCO)C(C)(C)C)cc1. The first kappa shape index (κ1) is 16.7. The third-order valence-electron chi connectivity index (χ3n) is 3.31. The molecule has 0 aliphatic heterocycles. The molecule has 0 saturated heterocycles. The number of nitrogens with one attached hydrogen (secondary N) is 1. The van der Waals surface area contributed by atoms with E-state index < -0.39 is 0 Å². The second-order valence-corrected chi connectivity index (χ2v) is 6.06. The summed E-state index contributed by atoms with van der Waals surface area (Å²) >= 11 is 0. The van der Waals surface area contributed by atoms with Gasteiger partial charge in [-0.2, -0.15) is 0 Å². The molecule has 2 N–H and O–H groups in total. The number of aliphatic hydroxyl groups excluding tert-OH is 1. The molecule has 0 amide bonds. The average Bonchev–Trinajstić information content (AvgIpc) is 2.41. The van der Waals surface area contributed by atoms with E-state index in [1.165, 1.54) is 5.56 Å². The Bertz CT molecular complexity index is 392. The summed E-state index contributed by atoms with van der Waals surface area (Å²) in [5, 5.41) is 12.7. The molecule has 0 aliphatic rings. The molecule has 1 unspecified atom stereocenters. The Hall–Kier alpha value is -1.32. The second kappa shape index (κ2) is 8.08. The molecule has 3 nitrogen and oxygen atoms in total. The number of hydrogen-bond donors (Lipinski definition) is 2. The first-order valence-electron chi connectivity index (χ1n) is 7.14. The molecule has 0 saturated carbocycles. The van der Waals surface area contributed by atoms with Gasteiger partial charge in [-0.1, -0.05) is 45.6 Å². The molecule has 1 aromatic rings. The Balaban J connectivity index is 2.53. The van der Waals surface area contributed by atoms with E-state index in [0.29, 0.717) is 12.6 Å². The highest BCUT2D eigenvalue weighted by atomic mass is 16.5. The van der Waals surface area contributed by atoms with Crippen LogP contribution < -0.4 is 10.1 Å². The molecule has 3 heteroatoms. The molecule has 1 aromatic carbocycles. The smallest absolute Gasteiger partial charge is 0.119 e. The third kappa shape index (κ3) is 5.76. The number of aliphatic hydroxyl groups is 1. The topological polar surface area (TPSA) is 41.5 Å². The van der Waals surface area contributed by atoms with Gasteiger partial charge in [-0.25, -0.2) is 0 Å². The van der Waals surface area contributed by atoms with Gasteiger partial charge in [0.15, 0.2) is 0 Å². The van der Waals surface area contributed by atoms with Crippen molar-refractivity contribution in [1.29, 1.82) is 0 Å². The van der Waals surface area contributed by atoms with E-state index in [9.17, 15) is 0 Å². The van der Waals surface area contributed by atoms with E-state index in [4.69, 9.17) is 9.84 Å². The Morgan fingerprint density at radius 3 is 2.45 bits per heavy atom.